The molecule has 9 rings (SSSR count). The molecule has 2 N–H and O–H groups in total. The summed E-state index contributed by atoms with van der Waals surface area (Å²) >= 11 is 0. The summed E-state index contributed by atoms with van der Waals surface area (Å²) in [7, 11) is 0. The molecule has 1 aromatic heterocycles. The summed E-state index contributed by atoms with van der Waals surface area (Å²) in [5.41, 5.74) is 15.7. The molecule has 53 heavy (non-hydrogen) atoms. The van der Waals surface area contributed by atoms with Crippen LogP contribution in [0.1, 0.15) is 11.1 Å². The Labute approximate surface area is 308 Å². The first-order valence-electron chi connectivity index (χ1n) is 17.7. The maximum absolute atomic E-state index is 9.39. The maximum Gasteiger partial charge on any atom is 0.109 e. The highest BCUT2D eigenvalue weighted by Crippen LogP contribution is 2.34. The minimum atomic E-state index is 0.358. The van der Waals surface area contributed by atoms with Crippen molar-refractivity contribution < 1.29 is 0 Å². The lowest BCUT2D eigenvalue weighted by atomic mass is 9.87. The van der Waals surface area contributed by atoms with Gasteiger partial charge in [-0.3, -0.25) is 15.8 Å². The van der Waals surface area contributed by atoms with Crippen molar-refractivity contribution in [1.82, 2.24) is 4.98 Å². The first-order valence-corrected chi connectivity index (χ1v) is 17.7. The third kappa shape index (κ3) is 6.35. The average molecular weight is 679 g/mol. The predicted octanol–water partition coefficient (Wildman–Crippen LogP) is 12.4. The van der Waals surface area contributed by atoms with Gasteiger partial charge in [-0.05, 0) is 108 Å². The molecule has 0 radical (unpaired) electrons. The summed E-state index contributed by atoms with van der Waals surface area (Å²) in [4.78, 5) is 4.15. The van der Waals surface area contributed by atoms with E-state index in [1.807, 2.05) is 30.3 Å². The molecule has 0 fully saturated rings. The van der Waals surface area contributed by atoms with E-state index in [9.17, 15) is 5.41 Å². The summed E-state index contributed by atoms with van der Waals surface area (Å²) < 4.78 is 0. The molecule has 1 aliphatic rings. The Morgan fingerprint density at radius 1 is 0.453 bits per heavy atom. The normalized spacial score (nSPS) is 13.6. The fourth-order valence-electron chi connectivity index (χ4n) is 7.17. The van der Waals surface area contributed by atoms with Crippen LogP contribution in [0.5, 0.6) is 0 Å². The molecule has 0 amide bonds. The molecule has 1 aliphatic carbocycles. The van der Waals surface area contributed by atoms with Crippen LogP contribution in [0.25, 0.3) is 66.1 Å². The Hall–Kier alpha value is -7.17. The van der Waals surface area contributed by atoms with E-state index in [-0.39, 0.29) is 0 Å². The Morgan fingerprint density at radius 2 is 1.00 bits per heavy atom. The molecular weight excluding hydrogens is 645 g/mol. The van der Waals surface area contributed by atoms with E-state index in [1.165, 1.54) is 32.7 Å². The second-order valence-corrected chi connectivity index (χ2v) is 13.2. The monoisotopic (exact) mass is 678 g/mol. The van der Waals surface area contributed by atoms with Crippen molar-refractivity contribution in [3.05, 3.63) is 206 Å². The summed E-state index contributed by atoms with van der Waals surface area (Å²) in [6, 6.07) is 59.2. The third-order valence-electron chi connectivity index (χ3n) is 9.91. The summed E-state index contributed by atoms with van der Waals surface area (Å²) in [5, 5.41) is 19.1. The van der Waals surface area contributed by atoms with Crippen molar-refractivity contribution in [3.8, 4) is 33.4 Å². The molecule has 8 aromatic rings. The Kier molecular flexibility index (Phi) is 8.31. The number of allylic oxidation sites excluding steroid dienone is 4. The zero-order valence-electron chi connectivity index (χ0n) is 28.9. The number of nitrogens with one attached hydrogen (secondary N) is 2. The highest BCUT2D eigenvalue weighted by atomic mass is 15.3. The topological polar surface area (TPSA) is 61.1 Å². The summed E-state index contributed by atoms with van der Waals surface area (Å²) in [5.74, 6) is 0. The highest BCUT2D eigenvalue weighted by molar-refractivity contribution is 6.62. The molecule has 250 valence electrons. The van der Waals surface area contributed by atoms with Crippen LogP contribution in [0.2, 0.25) is 0 Å². The number of rotatable bonds is 7. The minimum Gasteiger partial charge on any atom is -0.298 e. The van der Waals surface area contributed by atoms with E-state index in [4.69, 9.17) is 5.10 Å². The fraction of sp³-hybridized carbons (Fsp3) is 0. The van der Waals surface area contributed by atoms with E-state index in [1.54, 1.807) is 12.4 Å². The van der Waals surface area contributed by atoms with Gasteiger partial charge in [-0.2, -0.15) is 5.10 Å². The van der Waals surface area contributed by atoms with Crippen molar-refractivity contribution in [3.63, 3.8) is 0 Å². The van der Waals surface area contributed by atoms with Crippen molar-refractivity contribution >= 4 is 49.8 Å². The molecule has 1 heterocycles. The molecule has 0 unspecified atom stereocenters. The van der Waals surface area contributed by atoms with Crippen LogP contribution in [-0.2, 0) is 0 Å². The second-order valence-electron chi connectivity index (χ2n) is 13.2. The van der Waals surface area contributed by atoms with Gasteiger partial charge in [0, 0.05) is 18.0 Å². The van der Waals surface area contributed by atoms with Crippen LogP contribution in [0.4, 0.5) is 5.69 Å². The van der Waals surface area contributed by atoms with Crippen molar-refractivity contribution in [2.24, 2.45) is 5.10 Å². The smallest absolute Gasteiger partial charge is 0.109 e. The molecule has 4 heteroatoms. The highest BCUT2D eigenvalue weighted by Gasteiger charge is 2.21. The second kappa shape index (κ2) is 13.9. The molecule has 0 saturated heterocycles. The predicted molar refractivity (Wildman–Crippen MR) is 223 cm³/mol. The number of pyridine rings is 1. The number of anilines is 1. The lowest BCUT2D eigenvalue weighted by molar-refractivity contribution is 1.32. The van der Waals surface area contributed by atoms with Gasteiger partial charge in [0.25, 0.3) is 0 Å². The molecule has 0 saturated carbocycles. The van der Waals surface area contributed by atoms with Gasteiger partial charge in [0.2, 0.25) is 0 Å². The van der Waals surface area contributed by atoms with Gasteiger partial charge >= 0.3 is 0 Å². The Morgan fingerprint density at radius 3 is 1.64 bits per heavy atom. The Balaban J connectivity index is 1.08. The molecule has 0 aliphatic heterocycles. The number of hydrogen-bond acceptors (Lipinski definition) is 4. The van der Waals surface area contributed by atoms with E-state index >= 15 is 0 Å². The van der Waals surface area contributed by atoms with Crippen molar-refractivity contribution in [2.45, 2.75) is 0 Å². The SMILES string of the molecule is N=C1C(c2ccc(-c3cccc4ccccc34)cc2)=CC(c2ccc(-c3cccc4ccccc34)cc2)=C/C1=N/Nc1cccc(-c2ccncc2)c1. The van der Waals surface area contributed by atoms with Crippen LogP contribution >= 0.6 is 0 Å². The molecule has 7 aromatic carbocycles. The van der Waals surface area contributed by atoms with Gasteiger partial charge in [0.15, 0.2) is 0 Å². The molecule has 0 atom stereocenters. The van der Waals surface area contributed by atoms with Gasteiger partial charge in [-0.25, -0.2) is 0 Å². The van der Waals surface area contributed by atoms with Gasteiger partial charge < -0.3 is 0 Å². The summed E-state index contributed by atoms with van der Waals surface area (Å²) in [6.45, 7) is 0. The number of hydrazone groups is 1. The maximum atomic E-state index is 9.39. The third-order valence-corrected chi connectivity index (χ3v) is 9.91. The largest absolute Gasteiger partial charge is 0.298 e. The van der Waals surface area contributed by atoms with Crippen LogP contribution in [0.3, 0.4) is 0 Å². The van der Waals surface area contributed by atoms with Gasteiger partial charge in [-0.15, -0.1) is 0 Å². The van der Waals surface area contributed by atoms with E-state index in [2.05, 4.69) is 162 Å². The molecule has 0 spiro atoms. The number of nitrogens with zero attached hydrogens (tertiary/aromatic N) is 2. The van der Waals surface area contributed by atoms with Crippen molar-refractivity contribution in [2.75, 3.05) is 5.43 Å². The zero-order valence-corrected chi connectivity index (χ0v) is 28.9. The molecular formula is C49H34N4. The lowest BCUT2D eigenvalue weighted by Crippen LogP contribution is -2.18. The zero-order chi connectivity index (χ0) is 35.6. The first kappa shape index (κ1) is 31.8. The van der Waals surface area contributed by atoms with E-state index in [0.29, 0.717) is 11.4 Å². The van der Waals surface area contributed by atoms with Crippen molar-refractivity contribution in [1.29, 1.82) is 5.41 Å². The standard InChI is InChI=1S/C49H34N4/c50-49-47(39-24-22-38(23-25-39)46-17-7-11-36-9-2-4-15-44(36)46)31-41(32-48(49)53-52-42-13-5-12-40(30-42)34-26-28-51-29-27-34)33-18-20-37(21-19-33)45-16-6-10-35-8-1-3-14-43(35)45/h1-32,50,52H/b50-49?,53-48-. The van der Waals surface area contributed by atoms with Gasteiger partial charge in [0.05, 0.1) is 11.4 Å². The molecule has 0 bridgehead atoms. The van der Waals surface area contributed by atoms with Gasteiger partial charge in [-0.1, -0.05) is 146 Å². The van der Waals surface area contributed by atoms with Crippen LogP contribution in [-0.4, -0.2) is 16.4 Å². The lowest BCUT2D eigenvalue weighted by Gasteiger charge is -2.19. The quantitative estimate of drug-likeness (QED) is 0.130. The summed E-state index contributed by atoms with van der Waals surface area (Å²) in [6.07, 6.45) is 7.71. The number of aromatic nitrogens is 1. The number of benzene rings is 7. The number of fused-ring (bicyclic) bond motifs is 2. The average Bonchev–Trinajstić information content (AvgIpc) is 3.23. The Bertz CT molecular complexity index is 2730. The van der Waals surface area contributed by atoms with Gasteiger partial charge in [0.1, 0.15) is 5.71 Å². The van der Waals surface area contributed by atoms with Crippen LogP contribution in [0.15, 0.2) is 200 Å². The molecule has 4 nitrogen and oxygen atoms in total. The van der Waals surface area contributed by atoms with Crippen LogP contribution < -0.4 is 5.43 Å². The van der Waals surface area contributed by atoms with E-state index in [0.717, 1.165) is 50.2 Å². The van der Waals surface area contributed by atoms with E-state index < -0.39 is 0 Å². The number of hydrogen-bond donors (Lipinski definition) is 2. The van der Waals surface area contributed by atoms with Crippen LogP contribution in [0, 0.1) is 5.41 Å². The minimum absolute atomic E-state index is 0.358. The first-order chi connectivity index (χ1) is 26.2. The fourth-order valence-corrected chi connectivity index (χ4v) is 7.17.